The van der Waals surface area contributed by atoms with Gasteiger partial charge in [0.05, 0.1) is 0 Å². The van der Waals surface area contributed by atoms with E-state index in [-0.39, 0.29) is 12.4 Å². The van der Waals surface area contributed by atoms with Gasteiger partial charge in [-0.2, -0.15) is 0 Å². The maximum atomic E-state index is 6.36. The Labute approximate surface area is 93.2 Å². The highest BCUT2D eigenvalue weighted by molar-refractivity contribution is 5.85. The van der Waals surface area contributed by atoms with Crippen molar-refractivity contribution in [2.45, 2.75) is 52.0 Å². The highest BCUT2D eigenvalue weighted by Crippen LogP contribution is 2.64. The molecular formula is C12H22ClN. The fourth-order valence-corrected chi connectivity index (χ4v) is 5.11. The minimum Gasteiger partial charge on any atom is -0.327 e. The largest absolute Gasteiger partial charge is 0.327 e. The average Bonchev–Trinajstić information content (AvgIpc) is 1.96. The summed E-state index contributed by atoms with van der Waals surface area (Å²) in [6.07, 6.45) is 7.16. The van der Waals surface area contributed by atoms with Gasteiger partial charge in [-0.25, -0.2) is 0 Å². The predicted octanol–water partition coefficient (Wildman–Crippen LogP) is 2.97. The van der Waals surface area contributed by atoms with Crippen LogP contribution in [-0.4, -0.2) is 6.04 Å². The molecule has 4 rings (SSSR count). The van der Waals surface area contributed by atoms with E-state index in [1.54, 1.807) is 0 Å². The van der Waals surface area contributed by atoms with Crippen LogP contribution in [0.3, 0.4) is 0 Å². The van der Waals surface area contributed by atoms with Crippen LogP contribution >= 0.6 is 12.4 Å². The van der Waals surface area contributed by atoms with Gasteiger partial charge in [-0.3, -0.25) is 0 Å². The van der Waals surface area contributed by atoms with Crippen molar-refractivity contribution in [1.29, 1.82) is 0 Å². The molecule has 4 saturated carbocycles. The van der Waals surface area contributed by atoms with Crippen molar-refractivity contribution in [3.63, 3.8) is 0 Å². The van der Waals surface area contributed by atoms with Crippen molar-refractivity contribution < 1.29 is 0 Å². The molecule has 0 saturated heterocycles. The second kappa shape index (κ2) is 2.89. The number of nitrogens with two attached hydrogens (primary N) is 1. The monoisotopic (exact) mass is 215 g/mol. The summed E-state index contributed by atoms with van der Waals surface area (Å²) in [6, 6.07) is 0.511. The predicted molar refractivity (Wildman–Crippen MR) is 61.5 cm³/mol. The zero-order valence-corrected chi connectivity index (χ0v) is 10.1. The smallest absolute Gasteiger partial charge is 0.0122 e. The maximum absolute atomic E-state index is 6.36. The minimum atomic E-state index is 0. The SMILES string of the molecule is CC12CC3CC(C1)C(N)C(C)(C3)C2.Cl. The molecule has 0 aromatic carbocycles. The van der Waals surface area contributed by atoms with E-state index in [1.165, 1.54) is 32.1 Å². The average molecular weight is 216 g/mol. The van der Waals surface area contributed by atoms with Gasteiger partial charge in [-0.1, -0.05) is 13.8 Å². The molecule has 0 aromatic heterocycles. The first-order valence-corrected chi connectivity index (χ1v) is 5.76. The molecule has 4 bridgehead atoms. The zero-order chi connectivity index (χ0) is 9.27. The maximum Gasteiger partial charge on any atom is 0.0122 e. The van der Waals surface area contributed by atoms with Crippen LogP contribution in [-0.2, 0) is 0 Å². The molecule has 4 aliphatic rings. The number of hydrogen-bond acceptors (Lipinski definition) is 1. The van der Waals surface area contributed by atoms with E-state index in [9.17, 15) is 0 Å². The molecule has 2 N–H and O–H groups in total. The molecule has 5 unspecified atom stereocenters. The third-order valence-electron chi connectivity index (χ3n) is 5.07. The number of halogens is 1. The molecule has 82 valence electrons. The molecule has 0 radical (unpaired) electrons. The van der Waals surface area contributed by atoms with Crippen LogP contribution in [0, 0.1) is 22.7 Å². The molecule has 0 aliphatic heterocycles. The lowest BCUT2D eigenvalue weighted by molar-refractivity contribution is -0.108. The van der Waals surface area contributed by atoms with Gasteiger partial charge in [0.25, 0.3) is 0 Å². The van der Waals surface area contributed by atoms with Crippen LogP contribution < -0.4 is 5.73 Å². The van der Waals surface area contributed by atoms with E-state index >= 15 is 0 Å². The Morgan fingerprint density at radius 3 is 2.43 bits per heavy atom. The Hall–Kier alpha value is 0.250. The lowest BCUT2D eigenvalue weighted by Crippen LogP contribution is -2.61. The Morgan fingerprint density at radius 2 is 1.86 bits per heavy atom. The van der Waals surface area contributed by atoms with E-state index < -0.39 is 0 Å². The summed E-state index contributed by atoms with van der Waals surface area (Å²) >= 11 is 0. The van der Waals surface area contributed by atoms with Crippen LogP contribution in [0.2, 0.25) is 0 Å². The van der Waals surface area contributed by atoms with Gasteiger partial charge in [0.15, 0.2) is 0 Å². The molecule has 0 spiro atoms. The fourth-order valence-electron chi connectivity index (χ4n) is 5.11. The quantitative estimate of drug-likeness (QED) is 0.661. The van der Waals surface area contributed by atoms with Gasteiger partial charge in [-0.05, 0) is 54.8 Å². The van der Waals surface area contributed by atoms with Gasteiger partial charge >= 0.3 is 0 Å². The lowest BCUT2D eigenvalue weighted by Gasteiger charge is -2.63. The molecular weight excluding hydrogens is 194 g/mol. The lowest BCUT2D eigenvalue weighted by atomic mass is 9.43. The highest BCUT2D eigenvalue weighted by atomic mass is 35.5. The van der Waals surface area contributed by atoms with Crippen molar-refractivity contribution in [3.8, 4) is 0 Å². The van der Waals surface area contributed by atoms with Crippen molar-refractivity contribution in [2.75, 3.05) is 0 Å². The topological polar surface area (TPSA) is 26.0 Å². The number of rotatable bonds is 0. The molecule has 0 aromatic rings. The first-order chi connectivity index (χ1) is 6.01. The zero-order valence-electron chi connectivity index (χ0n) is 9.25. The summed E-state index contributed by atoms with van der Waals surface area (Å²) in [7, 11) is 0. The Kier molecular flexibility index (Phi) is 2.22. The van der Waals surface area contributed by atoms with Crippen molar-refractivity contribution in [3.05, 3.63) is 0 Å². The van der Waals surface area contributed by atoms with Gasteiger partial charge < -0.3 is 5.73 Å². The normalized spacial score (nSPS) is 59.8. The summed E-state index contributed by atoms with van der Waals surface area (Å²) in [6.45, 7) is 4.93. The van der Waals surface area contributed by atoms with Gasteiger partial charge in [0.1, 0.15) is 0 Å². The molecule has 2 heteroatoms. The Morgan fingerprint density at radius 1 is 1.14 bits per heavy atom. The van der Waals surface area contributed by atoms with Crippen LogP contribution in [0.25, 0.3) is 0 Å². The third kappa shape index (κ3) is 1.25. The van der Waals surface area contributed by atoms with Crippen LogP contribution in [0.1, 0.15) is 46.0 Å². The summed E-state index contributed by atoms with van der Waals surface area (Å²) in [5.74, 6) is 1.87. The summed E-state index contributed by atoms with van der Waals surface area (Å²) in [5, 5.41) is 0. The molecule has 0 heterocycles. The summed E-state index contributed by atoms with van der Waals surface area (Å²) in [4.78, 5) is 0. The fraction of sp³-hybridized carbons (Fsp3) is 1.00. The van der Waals surface area contributed by atoms with Crippen LogP contribution in [0.4, 0.5) is 0 Å². The summed E-state index contributed by atoms with van der Waals surface area (Å²) < 4.78 is 0. The van der Waals surface area contributed by atoms with E-state index in [2.05, 4.69) is 13.8 Å². The first-order valence-electron chi connectivity index (χ1n) is 5.76. The number of hydrogen-bond donors (Lipinski definition) is 1. The van der Waals surface area contributed by atoms with Crippen molar-refractivity contribution >= 4 is 12.4 Å². The van der Waals surface area contributed by atoms with Crippen LogP contribution in [0.5, 0.6) is 0 Å². The molecule has 4 aliphatic carbocycles. The molecule has 1 nitrogen and oxygen atoms in total. The molecule has 14 heavy (non-hydrogen) atoms. The van der Waals surface area contributed by atoms with Crippen LogP contribution in [0.15, 0.2) is 0 Å². The standard InChI is InChI=1S/C12H21N.ClH/c1-11-4-8-3-9(6-11)10(13)12(2,5-8)7-11;/h8-10H,3-7,13H2,1-2H3;1H. The molecule has 0 amide bonds. The van der Waals surface area contributed by atoms with Crippen molar-refractivity contribution in [2.24, 2.45) is 28.4 Å². The second-order valence-electron chi connectivity index (χ2n) is 6.64. The van der Waals surface area contributed by atoms with Gasteiger partial charge in [0.2, 0.25) is 0 Å². The van der Waals surface area contributed by atoms with E-state index in [1.807, 2.05) is 0 Å². The third-order valence-corrected chi connectivity index (χ3v) is 5.07. The minimum absolute atomic E-state index is 0. The summed E-state index contributed by atoms with van der Waals surface area (Å²) in [5.41, 5.74) is 7.52. The van der Waals surface area contributed by atoms with E-state index in [4.69, 9.17) is 5.73 Å². The highest BCUT2D eigenvalue weighted by Gasteiger charge is 2.57. The van der Waals surface area contributed by atoms with E-state index in [0.29, 0.717) is 16.9 Å². The molecule has 5 atom stereocenters. The van der Waals surface area contributed by atoms with Crippen molar-refractivity contribution in [1.82, 2.24) is 0 Å². The van der Waals surface area contributed by atoms with Gasteiger partial charge in [-0.15, -0.1) is 12.4 Å². The van der Waals surface area contributed by atoms with Gasteiger partial charge in [0, 0.05) is 6.04 Å². The first kappa shape index (κ1) is 10.8. The Balaban J connectivity index is 0.000000750. The molecule has 4 fully saturated rings. The van der Waals surface area contributed by atoms with E-state index in [0.717, 1.165) is 11.8 Å². The Bertz CT molecular complexity index is 255. The second-order valence-corrected chi connectivity index (χ2v) is 6.64.